The molecule has 18 heavy (non-hydrogen) atoms. The molecule has 0 saturated carbocycles. The van der Waals surface area contributed by atoms with Crippen molar-refractivity contribution in [3.63, 3.8) is 0 Å². The minimum atomic E-state index is -0.937. The zero-order chi connectivity index (χ0) is 13.1. The number of nitrogen functional groups attached to an aromatic ring is 1. The Morgan fingerprint density at radius 1 is 1.39 bits per heavy atom. The maximum Gasteiger partial charge on any atom is 0.127 e. The Kier molecular flexibility index (Phi) is 3.79. The molecule has 1 heterocycles. The predicted octanol–water partition coefficient (Wildman–Crippen LogP) is 2.73. The van der Waals surface area contributed by atoms with Gasteiger partial charge in [-0.2, -0.15) is 0 Å². The summed E-state index contributed by atoms with van der Waals surface area (Å²) in [6.45, 7) is 0. The largest absolute Gasteiger partial charge is 0.398 e. The first-order valence-corrected chi connectivity index (χ1v) is 5.77. The Labute approximate surface area is 109 Å². The molecule has 0 amide bonds. The van der Waals surface area contributed by atoms with E-state index in [-0.39, 0.29) is 17.0 Å². The number of halogens is 2. The molecule has 1 unspecified atom stereocenters. The van der Waals surface area contributed by atoms with Gasteiger partial charge in [0.25, 0.3) is 0 Å². The van der Waals surface area contributed by atoms with Crippen molar-refractivity contribution in [2.75, 3.05) is 5.73 Å². The van der Waals surface area contributed by atoms with Gasteiger partial charge in [0.15, 0.2) is 0 Å². The number of benzene rings is 1. The molecule has 0 saturated heterocycles. The predicted molar refractivity (Wildman–Crippen MR) is 68.7 cm³/mol. The average Bonchev–Trinajstić information content (AvgIpc) is 2.34. The zero-order valence-corrected chi connectivity index (χ0v) is 10.2. The molecule has 0 aliphatic heterocycles. The molecule has 0 aliphatic rings. The van der Waals surface area contributed by atoms with E-state index < -0.39 is 11.9 Å². The number of aromatic nitrogens is 1. The molecule has 94 valence electrons. The quantitative estimate of drug-likeness (QED) is 0.898. The topological polar surface area (TPSA) is 59.1 Å². The van der Waals surface area contributed by atoms with Crippen LogP contribution < -0.4 is 5.73 Å². The fourth-order valence-corrected chi connectivity index (χ4v) is 1.97. The van der Waals surface area contributed by atoms with E-state index in [9.17, 15) is 9.50 Å². The van der Waals surface area contributed by atoms with Gasteiger partial charge in [-0.3, -0.25) is 4.98 Å². The van der Waals surface area contributed by atoms with Crippen molar-refractivity contribution in [3.8, 4) is 0 Å². The van der Waals surface area contributed by atoms with Crippen LogP contribution in [0.25, 0.3) is 0 Å². The van der Waals surface area contributed by atoms with Gasteiger partial charge in [0.05, 0.1) is 6.10 Å². The van der Waals surface area contributed by atoms with E-state index in [1.807, 2.05) is 0 Å². The number of rotatable bonds is 3. The van der Waals surface area contributed by atoms with Crippen LogP contribution in [0.1, 0.15) is 17.2 Å². The van der Waals surface area contributed by atoms with Gasteiger partial charge in [-0.05, 0) is 18.2 Å². The average molecular weight is 267 g/mol. The summed E-state index contributed by atoms with van der Waals surface area (Å²) in [5.74, 6) is -0.441. The summed E-state index contributed by atoms with van der Waals surface area (Å²) < 4.78 is 13.6. The van der Waals surface area contributed by atoms with E-state index >= 15 is 0 Å². The van der Waals surface area contributed by atoms with Crippen LogP contribution in [0.4, 0.5) is 10.1 Å². The summed E-state index contributed by atoms with van der Waals surface area (Å²) in [4.78, 5) is 3.89. The van der Waals surface area contributed by atoms with Crippen molar-refractivity contribution in [1.82, 2.24) is 4.98 Å². The van der Waals surface area contributed by atoms with Crippen molar-refractivity contribution < 1.29 is 9.50 Å². The summed E-state index contributed by atoms with van der Waals surface area (Å²) in [5.41, 5.74) is 6.89. The third-order valence-electron chi connectivity index (χ3n) is 2.71. The van der Waals surface area contributed by atoms with Crippen molar-refractivity contribution in [1.29, 1.82) is 0 Å². The van der Waals surface area contributed by atoms with E-state index in [1.54, 1.807) is 12.1 Å². The Morgan fingerprint density at radius 2 is 2.17 bits per heavy atom. The maximum atomic E-state index is 13.6. The third kappa shape index (κ3) is 2.60. The van der Waals surface area contributed by atoms with E-state index in [0.29, 0.717) is 11.3 Å². The summed E-state index contributed by atoms with van der Waals surface area (Å²) >= 11 is 5.90. The van der Waals surface area contributed by atoms with E-state index in [1.165, 1.54) is 24.5 Å². The Balaban J connectivity index is 2.27. The number of anilines is 1. The lowest BCUT2D eigenvalue weighted by atomic mass is 10.0. The third-order valence-corrected chi connectivity index (χ3v) is 3.06. The lowest BCUT2D eigenvalue weighted by Crippen LogP contribution is -2.07. The summed E-state index contributed by atoms with van der Waals surface area (Å²) in [6, 6.07) is 5.99. The van der Waals surface area contributed by atoms with Crippen LogP contribution >= 0.6 is 11.6 Å². The van der Waals surface area contributed by atoms with Crippen LogP contribution in [0, 0.1) is 5.82 Å². The van der Waals surface area contributed by atoms with Crippen molar-refractivity contribution in [3.05, 3.63) is 58.6 Å². The molecule has 2 rings (SSSR count). The molecule has 5 heteroatoms. The van der Waals surface area contributed by atoms with Crippen LogP contribution in [0.2, 0.25) is 5.02 Å². The second-order valence-electron chi connectivity index (χ2n) is 3.92. The molecule has 0 bridgehead atoms. The minimum absolute atomic E-state index is 0.0569. The molecule has 0 radical (unpaired) electrons. The highest BCUT2D eigenvalue weighted by Gasteiger charge is 2.16. The normalized spacial score (nSPS) is 12.4. The first kappa shape index (κ1) is 12.8. The standard InChI is InChI=1S/C13H12ClFN2O/c14-10-2-1-3-11(15)8(10)6-13(18)9-7-17-5-4-12(9)16/h1-5,7,13,18H,6H2,(H2,16,17). The molecule has 1 aromatic heterocycles. The maximum absolute atomic E-state index is 13.6. The number of aliphatic hydroxyl groups is 1. The lowest BCUT2D eigenvalue weighted by molar-refractivity contribution is 0.177. The SMILES string of the molecule is Nc1ccncc1C(O)Cc1c(F)cccc1Cl. The van der Waals surface area contributed by atoms with Crippen LogP contribution in [0.5, 0.6) is 0 Å². The van der Waals surface area contributed by atoms with Gasteiger partial charge < -0.3 is 10.8 Å². The highest BCUT2D eigenvalue weighted by atomic mass is 35.5. The summed E-state index contributed by atoms with van der Waals surface area (Å²) in [5, 5.41) is 10.3. The molecular formula is C13H12ClFN2O. The molecule has 0 spiro atoms. The summed E-state index contributed by atoms with van der Waals surface area (Å²) in [6.07, 6.45) is 2.12. The smallest absolute Gasteiger partial charge is 0.127 e. The van der Waals surface area contributed by atoms with E-state index in [2.05, 4.69) is 4.98 Å². The lowest BCUT2D eigenvalue weighted by Gasteiger charge is -2.14. The second-order valence-corrected chi connectivity index (χ2v) is 4.33. The number of hydrogen-bond donors (Lipinski definition) is 2. The number of hydrogen-bond acceptors (Lipinski definition) is 3. The molecule has 3 nitrogen and oxygen atoms in total. The molecule has 2 aromatic rings. The molecule has 1 aromatic carbocycles. The van der Waals surface area contributed by atoms with Crippen LogP contribution in [-0.2, 0) is 6.42 Å². The van der Waals surface area contributed by atoms with Gasteiger partial charge in [0.1, 0.15) is 5.82 Å². The monoisotopic (exact) mass is 266 g/mol. The molecule has 1 atom stereocenters. The van der Waals surface area contributed by atoms with Gasteiger partial charge >= 0.3 is 0 Å². The van der Waals surface area contributed by atoms with Gasteiger partial charge in [0, 0.05) is 40.7 Å². The van der Waals surface area contributed by atoms with Gasteiger partial charge in [0.2, 0.25) is 0 Å². The van der Waals surface area contributed by atoms with Gasteiger partial charge in [-0.15, -0.1) is 0 Å². The number of nitrogens with two attached hydrogens (primary N) is 1. The van der Waals surface area contributed by atoms with Crippen LogP contribution in [-0.4, -0.2) is 10.1 Å². The van der Waals surface area contributed by atoms with E-state index in [4.69, 9.17) is 17.3 Å². The Morgan fingerprint density at radius 3 is 2.83 bits per heavy atom. The number of aliphatic hydroxyl groups excluding tert-OH is 1. The number of nitrogens with zero attached hydrogens (tertiary/aromatic N) is 1. The molecule has 0 aliphatic carbocycles. The minimum Gasteiger partial charge on any atom is -0.398 e. The van der Waals surface area contributed by atoms with Crippen molar-refractivity contribution >= 4 is 17.3 Å². The second kappa shape index (κ2) is 5.33. The van der Waals surface area contributed by atoms with E-state index in [0.717, 1.165) is 0 Å². The first-order valence-electron chi connectivity index (χ1n) is 5.40. The fourth-order valence-electron chi connectivity index (χ4n) is 1.73. The molecular weight excluding hydrogens is 255 g/mol. The Bertz CT molecular complexity index is 542. The first-order chi connectivity index (χ1) is 8.59. The number of pyridine rings is 1. The summed E-state index contributed by atoms with van der Waals surface area (Å²) in [7, 11) is 0. The van der Waals surface area contributed by atoms with Gasteiger partial charge in [-0.25, -0.2) is 4.39 Å². The fraction of sp³-hybridized carbons (Fsp3) is 0.154. The van der Waals surface area contributed by atoms with Crippen molar-refractivity contribution in [2.24, 2.45) is 0 Å². The van der Waals surface area contributed by atoms with Crippen molar-refractivity contribution in [2.45, 2.75) is 12.5 Å². The zero-order valence-electron chi connectivity index (χ0n) is 9.48. The molecule has 0 fully saturated rings. The van der Waals surface area contributed by atoms with Gasteiger partial charge in [-0.1, -0.05) is 17.7 Å². The highest BCUT2D eigenvalue weighted by Crippen LogP contribution is 2.27. The highest BCUT2D eigenvalue weighted by molar-refractivity contribution is 6.31. The Hall–Kier alpha value is -1.65. The molecule has 3 N–H and O–H groups in total. The van der Waals surface area contributed by atoms with Crippen LogP contribution in [0.15, 0.2) is 36.7 Å². The van der Waals surface area contributed by atoms with Crippen LogP contribution in [0.3, 0.4) is 0 Å².